The van der Waals surface area contributed by atoms with E-state index in [1.165, 1.54) is 61.6 Å². The van der Waals surface area contributed by atoms with Crippen LogP contribution in [0, 0.1) is 6.92 Å². The lowest BCUT2D eigenvalue weighted by Gasteiger charge is -2.37. The van der Waals surface area contributed by atoms with Gasteiger partial charge in [0.15, 0.2) is 0 Å². The SMILES string of the molecule is CCCCCCCCCN1Cc2ccccc2C[C@H]1CNC(=S)c1cc(C)ccc1OC. The highest BCUT2D eigenvalue weighted by Gasteiger charge is 2.26. The van der Waals surface area contributed by atoms with Gasteiger partial charge in [-0.1, -0.05) is 93.6 Å². The molecule has 0 saturated heterocycles. The Labute approximate surface area is 200 Å². The highest BCUT2D eigenvalue weighted by atomic mass is 32.1. The third kappa shape index (κ3) is 7.05. The first-order valence-electron chi connectivity index (χ1n) is 12.4. The van der Waals surface area contributed by atoms with E-state index in [0.29, 0.717) is 6.04 Å². The first-order chi connectivity index (χ1) is 15.6. The number of rotatable bonds is 12. The first kappa shape index (κ1) is 24.7. The van der Waals surface area contributed by atoms with E-state index in [1.807, 2.05) is 6.07 Å². The fraction of sp³-hybridized carbons (Fsp3) is 0.536. The Morgan fingerprint density at radius 1 is 1.03 bits per heavy atom. The van der Waals surface area contributed by atoms with E-state index in [4.69, 9.17) is 17.0 Å². The van der Waals surface area contributed by atoms with E-state index < -0.39 is 0 Å². The molecule has 4 heteroatoms. The number of unbranched alkanes of at least 4 members (excludes halogenated alkanes) is 6. The van der Waals surface area contributed by atoms with Crippen LogP contribution < -0.4 is 10.1 Å². The van der Waals surface area contributed by atoms with Crippen LogP contribution in [0.1, 0.15) is 74.1 Å². The van der Waals surface area contributed by atoms with Gasteiger partial charge in [-0.05, 0) is 49.6 Å². The minimum atomic E-state index is 0.457. The molecule has 0 aromatic heterocycles. The molecule has 0 spiro atoms. The summed E-state index contributed by atoms with van der Waals surface area (Å²) in [5, 5.41) is 3.57. The molecule has 0 radical (unpaired) electrons. The minimum absolute atomic E-state index is 0.457. The predicted molar refractivity (Wildman–Crippen MR) is 140 cm³/mol. The van der Waals surface area contributed by atoms with Gasteiger partial charge >= 0.3 is 0 Å². The summed E-state index contributed by atoms with van der Waals surface area (Å²) in [5.74, 6) is 0.835. The molecule has 174 valence electrons. The predicted octanol–water partition coefficient (Wildman–Crippen LogP) is 6.45. The molecule has 1 aliphatic rings. The highest BCUT2D eigenvalue weighted by Crippen LogP contribution is 2.25. The van der Waals surface area contributed by atoms with Crippen LogP contribution in [0.2, 0.25) is 0 Å². The maximum Gasteiger partial charge on any atom is 0.129 e. The normalized spacial score (nSPS) is 15.9. The number of hydrogen-bond donors (Lipinski definition) is 1. The van der Waals surface area contributed by atoms with Gasteiger partial charge in [-0.15, -0.1) is 0 Å². The van der Waals surface area contributed by atoms with E-state index in [2.05, 4.69) is 60.5 Å². The Morgan fingerprint density at radius 3 is 2.50 bits per heavy atom. The minimum Gasteiger partial charge on any atom is -0.496 e. The fourth-order valence-corrected chi connectivity index (χ4v) is 4.92. The molecule has 0 aliphatic carbocycles. The van der Waals surface area contributed by atoms with E-state index in [-0.39, 0.29) is 0 Å². The van der Waals surface area contributed by atoms with Crippen LogP contribution in [0.3, 0.4) is 0 Å². The number of nitrogens with one attached hydrogen (secondary N) is 1. The molecule has 2 aromatic carbocycles. The molecule has 3 nitrogen and oxygen atoms in total. The van der Waals surface area contributed by atoms with Crippen molar-refractivity contribution in [1.82, 2.24) is 10.2 Å². The van der Waals surface area contributed by atoms with Gasteiger partial charge in [-0.3, -0.25) is 4.90 Å². The Hall–Kier alpha value is -1.91. The number of thiocarbonyl (C=S) groups is 1. The number of fused-ring (bicyclic) bond motifs is 1. The van der Waals surface area contributed by atoms with Crippen LogP contribution in [0.4, 0.5) is 0 Å². The summed E-state index contributed by atoms with van der Waals surface area (Å²) in [6, 6.07) is 15.5. The largest absolute Gasteiger partial charge is 0.496 e. The Morgan fingerprint density at radius 2 is 1.75 bits per heavy atom. The van der Waals surface area contributed by atoms with Gasteiger partial charge in [0, 0.05) is 19.1 Å². The molecule has 1 heterocycles. The number of aryl methyl sites for hydroxylation is 1. The van der Waals surface area contributed by atoms with Crippen LogP contribution in [0.5, 0.6) is 5.75 Å². The average Bonchev–Trinajstić information content (AvgIpc) is 2.81. The number of benzene rings is 2. The quantitative estimate of drug-likeness (QED) is 0.296. The van der Waals surface area contributed by atoms with Gasteiger partial charge < -0.3 is 10.1 Å². The molecule has 0 bridgehead atoms. The number of nitrogens with zero attached hydrogens (tertiary/aromatic N) is 1. The van der Waals surface area contributed by atoms with E-state index in [1.54, 1.807) is 7.11 Å². The van der Waals surface area contributed by atoms with Gasteiger partial charge in [-0.2, -0.15) is 0 Å². The van der Waals surface area contributed by atoms with E-state index in [0.717, 1.165) is 42.4 Å². The van der Waals surface area contributed by atoms with Crippen molar-refractivity contribution >= 4 is 17.2 Å². The zero-order valence-electron chi connectivity index (χ0n) is 20.2. The van der Waals surface area contributed by atoms with Crippen LogP contribution >= 0.6 is 12.2 Å². The molecular formula is C28H40N2OS. The molecule has 3 rings (SSSR count). The average molecular weight is 453 g/mol. The van der Waals surface area contributed by atoms with E-state index in [9.17, 15) is 0 Å². The Bertz CT molecular complexity index is 866. The lowest BCUT2D eigenvalue weighted by Crippen LogP contribution is -2.47. The zero-order chi connectivity index (χ0) is 22.8. The van der Waals surface area contributed by atoms with Crippen LogP contribution in [0.25, 0.3) is 0 Å². The van der Waals surface area contributed by atoms with Gasteiger partial charge in [-0.25, -0.2) is 0 Å². The third-order valence-electron chi connectivity index (χ3n) is 6.61. The summed E-state index contributed by atoms with van der Waals surface area (Å²) < 4.78 is 5.54. The highest BCUT2D eigenvalue weighted by molar-refractivity contribution is 7.80. The second-order valence-electron chi connectivity index (χ2n) is 9.13. The molecule has 32 heavy (non-hydrogen) atoms. The summed E-state index contributed by atoms with van der Waals surface area (Å²) in [6.07, 6.45) is 10.5. The van der Waals surface area contributed by atoms with Gasteiger partial charge in [0.25, 0.3) is 0 Å². The smallest absolute Gasteiger partial charge is 0.129 e. The van der Waals surface area contributed by atoms with Gasteiger partial charge in [0.1, 0.15) is 10.7 Å². The second-order valence-corrected chi connectivity index (χ2v) is 9.54. The van der Waals surface area contributed by atoms with Gasteiger partial charge in [0.05, 0.1) is 12.7 Å². The van der Waals surface area contributed by atoms with Crippen molar-refractivity contribution in [3.05, 3.63) is 64.7 Å². The summed E-state index contributed by atoms with van der Waals surface area (Å²) in [4.78, 5) is 3.44. The number of ether oxygens (including phenoxy) is 1. The summed E-state index contributed by atoms with van der Waals surface area (Å²) in [5.41, 5.74) is 5.14. The van der Waals surface area contributed by atoms with Crippen molar-refractivity contribution in [2.45, 2.75) is 77.8 Å². The topological polar surface area (TPSA) is 24.5 Å². The van der Waals surface area contributed by atoms with Crippen molar-refractivity contribution in [2.75, 3.05) is 20.2 Å². The van der Waals surface area contributed by atoms with Crippen LogP contribution in [-0.4, -0.2) is 36.1 Å². The van der Waals surface area contributed by atoms with Crippen LogP contribution in [0.15, 0.2) is 42.5 Å². The van der Waals surface area contributed by atoms with Crippen LogP contribution in [-0.2, 0) is 13.0 Å². The lowest BCUT2D eigenvalue weighted by atomic mass is 9.93. The second kappa shape index (κ2) is 13.0. The monoisotopic (exact) mass is 452 g/mol. The summed E-state index contributed by atoms with van der Waals surface area (Å²) in [7, 11) is 1.71. The molecule has 1 aliphatic heterocycles. The molecule has 0 fully saturated rings. The molecule has 2 aromatic rings. The Kier molecular flexibility index (Phi) is 10.0. The molecule has 0 unspecified atom stereocenters. The summed E-state index contributed by atoms with van der Waals surface area (Å²) in [6.45, 7) is 7.44. The van der Waals surface area contributed by atoms with E-state index >= 15 is 0 Å². The third-order valence-corrected chi connectivity index (χ3v) is 6.97. The number of hydrogen-bond acceptors (Lipinski definition) is 3. The first-order valence-corrected chi connectivity index (χ1v) is 12.8. The maximum absolute atomic E-state index is 5.77. The van der Waals surface area contributed by atoms with Crippen molar-refractivity contribution in [1.29, 1.82) is 0 Å². The lowest BCUT2D eigenvalue weighted by molar-refractivity contribution is 0.168. The molecule has 1 atom stereocenters. The fourth-order valence-electron chi connectivity index (χ4n) is 4.68. The van der Waals surface area contributed by atoms with Crippen molar-refractivity contribution < 1.29 is 4.74 Å². The van der Waals surface area contributed by atoms with Crippen molar-refractivity contribution in [2.24, 2.45) is 0 Å². The molecule has 0 saturated carbocycles. The van der Waals surface area contributed by atoms with Crippen molar-refractivity contribution in [3.63, 3.8) is 0 Å². The Balaban J connectivity index is 1.59. The van der Waals surface area contributed by atoms with Crippen molar-refractivity contribution in [3.8, 4) is 5.75 Å². The maximum atomic E-state index is 5.77. The molecule has 0 amide bonds. The number of methoxy groups -OCH3 is 1. The zero-order valence-corrected chi connectivity index (χ0v) is 21.0. The molecular weight excluding hydrogens is 412 g/mol. The molecule has 1 N–H and O–H groups in total. The standard InChI is InChI=1S/C28H40N2OS/c1-4-5-6-7-8-9-12-17-30-21-24-14-11-10-13-23(24)19-25(30)20-29-28(32)26-18-22(2)15-16-27(26)31-3/h10-11,13-16,18,25H,4-9,12,17,19-21H2,1-3H3,(H,29,32)/t25-/m0/s1. The summed E-state index contributed by atoms with van der Waals surface area (Å²) >= 11 is 5.77. The van der Waals surface area contributed by atoms with Gasteiger partial charge in [0.2, 0.25) is 0 Å².